The molecule has 0 unspecified atom stereocenters. The van der Waals surface area contributed by atoms with Gasteiger partial charge in [0.2, 0.25) is 21.8 Å². The fourth-order valence-electron chi connectivity index (χ4n) is 3.25. The molecule has 1 heterocycles. The van der Waals surface area contributed by atoms with Crippen molar-refractivity contribution in [2.24, 2.45) is 0 Å². The zero-order valence-electron chi connectivity index (χ0n) is 17.2. The number of anilines is 1. The maximum atomic E-state index is 13.8. The summed E-state index contributed by atoms with van der Waals surface area (Å²) in [6.07, 6.45) is -0.434. The van der Waals surface area contributed by atoms with Crippen LogP contribution in [0.4, 0.5) is 15.8 Å². The summed E-state index contributed by atoms with van der Waals surface area (Å²) in [6, 6.07) is 8.54. The van der Waals surface area contributed by atoms with Crippen LogP contribution in [-0.4, -0.2) is 60.5 Å². The summed E-state index contributed by atoms with van der Waals surface area (Å²) in [5.41, 5.74) is -0.725. The first kappa shape index (κ1) is 24.6. The van der Waals surface area contributed by atoms with Crippen molar-refractivity contribution in [2.45, 2.75) is 17.7 Å². The van der Waals surface area contributed by atoms with Gasteiger partial charge in [0.15, 0.2) is 0 Å². The van der Waals surface area contributed by atoms with Crippen molar-refractivity contribution < 1.29 is 27.3 Å². The Labute approximate surface area is 194 Å². The molecule has 2 amide bonds. The molecule has 0 bridgehead atoms. The third kappa shape index (κ3) is 6.03. The van der Waals surface area contributed by atoms with Crippen molar-refractivity contribution in [1.29, 1.82) is 0 Å². The van der Waals surface area contributed by atoms with Crippen LogP contribution in [0.3, 0.4) is 0 Å². The Morgan fingerprint density at radius 1 is 1.06 bits per heavy atom. The van der Waals surface area contributed by atoms with Gasteiger partial charge < -0.3 is 10.2 Å². The molecule has 1 saturated heterocycles. The number of carbonyl (C=O) groups excluding carboxylic acids is 2. The fraction of sp³-hybridized carbons (Fsp3) is 0.300. The molecule has 1 fully saturated rings. The minimum absolute atomic E-state index is 0.0990. The van der Waals surface area contributed by atoms with E-state index in [1.54, 1.807) is 0 Å². The Morgan fingerprint density at radius 2 is 1.70 bits per heavy atom. The summed E-state index contributed by atoms with van der Waals surface area (Å²) >= 11 is 5.80. The molecular weight excluding hydrogens is 479 g/mol. The van der Waals surface area contributed by atoms with E-state index in [9.17, 15) is 32.5 Å². The lowest BCUT2D eigenvalue weighted by Crippen LogP contribution is -2.50. The molecule has 0 saturated carbocycles. The number of piperazine rings is 1. The van der Waals surface area contributed by atoms with Gasteiger partial charge in [-0.25, -0.2) is 12.8 Å². The molecule has 2 aromatic rings. The number of halogens is 2. The molecule has 13 heteroatoms. The maximum Gasteiger partial charge on any atom is 0.271 e. The van der Waals surface area contributed by atoms with E-state index in [-0.39, 0.29) is 61.2 Å². The normalized spacial score (nSPS) is 14.7. The van der Waals surface area contributed by atoms with Crippen molar-refractivity contribution in [1.82, 2.24) is 9.21 Å². The minimum Gasteiger partial charge on any atom is -0.340 e. The van der Waals surface area contributed by atoms with Crippen LogP contribution in [-0.2, 0) is 19.6 Å². The molecule has 176 valence electrons. The van der Waals surface area contributed by atoms with E-state index >= 15 is 0 Å². The zero-order chi connectivity index (χ0) is 24.2. The molecule has 0 aromatic heterocycles. The lowest BCUT2D eigenvalue weighted by Gasteiger charge is -2.34. The summed E-state index contributed by atoms with van der Waals surface area (Å²) in [6.45, 7) is 0.517. The number of nitrogens with zero attached hydrogens (tertiary/aromatic N) is 3. The second-order valence-corrected chi connectivity index (χ2v) is 9.58. The van der Waals surface area contributed by atoms with Gasteiger partial charge in [-0.15, -0.1) is 0 Å². The Morgan fingerprint density at radius 3 is 2.30 bits per heavy atom. The molecule has 1 aliphatic heterocycles. The molecule has 33 heavy (non-hydrogen) atoms. The van der Waals surface area contributed by atoms with Gasteiger partial charge in [-0.2, -0.15) is 4.31 Å². The Bertz CT molecular complexity index is 1170. The fourth-order valence-corrected chi connectivity index (χ4v) is 4.80. The molecule has 0 spiro atoms. The van der Waals surface area contributed by atoms with E-state index in [0.717, 1.165) is 18.2 Å². The molecule has 1 aliphatic rings. The number of nitrogens with one attached hydrogen (secondary N) is 1. The van der Waals surface area contributed by atoms with Gasteiger partial charge in [-0.05, 0) is 30.3 Å². The van der Waals surface area contributed by atoms with E-state index in [1.807, 2.05) is 0 Å². The number of carbonyl (C=O) groups is 2. The van der Waals surface area contributed by atoms with Crippen LogP contribution in [0.15, 0.2) is 47.4 Å². The van der Waals surface area contributed by atoms with Crippen molar-refractivity contribution >= 4 is 44.8 Å². The Balaban J connectivity index is 1.50. The first-order chi connectivity index (χ1) is 15.6. The summed E-state index contributed by atoms with van der Waals surface area (Å²) in [7, 11) is -3.71. The molecular formula is C20H20ClFN4O6S. The molecule has 0 atom stereocenters. The number of hydrogen-bond donors (Lipinski definition) is 1. The number of benzene rings is 2. The van der Waals surface area contributed by atoms with E-state index < -0.39 is 26.7 Å². The monoisotopic (exact) mass is 498 g/mol. The number of non-ortho nitro benzene ring substituents is 1. The number of nitro benzene ring substituents is 1. The van der Waals surface area contributed by atoms with Crippen LogP contribution >= 0.6 is 11.6 Å². The van der Waals surface area contributed by atoms with Crippen molar-refractivity contribution in [3.8, 4) is 0 Å². The van der Waals surface area contributed by atoms with Gasteiger partial charge in [-0.1, -0.05) is 11.6 Å². The van der Waals surface area contributed by atoms with Gasteiger partial charge in [0.05, 0.1) is 15.5 Å². The molecule has 3 rings (SSSR count). The summed E-state index contributed by atoms with van der Waals surface area (Å²) in [5.74, 6) is -1.86. The summed E-state index contributed by atoms with van der Waals surface area (Å²) in [5, 5.41) is 13.4. The number of rotatable bonds is 7. The largest absolute Gasteiger partial charge is 0.340 e. The molecule has 10 nitrogen and oxygen atoms in total. The van der Waals surface area contributed by atoms with Crippen LogP contribution in [0, 0.1) is 15.9 Å². The maximum absolute atomic E-state index is 13.8. The minimum atomic E-state index is -3.71. The van der Waals surface area contributed by atoms with Crippen LogP contribution < -0.4 is 5.32 Å². The predicted octanol–water partition coefficient (Wildman–Crippen LogP) is 2.64. The predicted molar refractivity (Wildman–Crippen MR) is 118 cm³/mol. The van der Waals surface area contributed by atoms with Gasteiger partial charge in [0.1, 0.15) is 5.82 Å². The van der Waals surface area contributed by atoms with Gasteiger partial charge in [0, 0.05) is 56.2 Å². The van der Waals surface area contributed by atoms with Gasteiger partial charge in [0.25, 0.3) is 5.69 Å². The van der Waals surface area contributed by atoms with Crippen molar-refractivity contribution in [2.75, 3.05) is 31.5 Å². The highest BCUT2D eigenvalue weighted by Crippen LogP contribution is 2.22. The second kappa shape index (κ2) is 10.2. The Kier molecular flexibility index (Phi) is 7.61. The summed E-state index contributed by atoms with van der Waals surface area (Å²) in [4.78, 5) is 36.1. The standard InChI is InChI=1S/C20H20ClFN4O6S/c21-14-1-4-16(5-2-14)33(31,32)25-11-9-24(10-12-25)20(28)8-7-19(27)23-18-13-15(26(29)30)3-6-17(18)22/h1-6,13H,7-12H2,(H,23,27). The quantitative estimate of drug-likeness (QED) is 0.461. The molecule has 1 N–H and O–H groups in total. The third-order valence-electron chi connectivity index (χ3n) is 5.04. The molecule has 0 aliphatic carbocycles. The van der Waals surface area contributed by atoms with E-state index in [2.05, 4.69) is 5.32 Å². The highest BCUT2D eigenvalue weighted by Gasteiger charge is 2.30. The smallest absolute Gasteiger partial charge is 0.271 e. The number of amides is 2. The first-order valence-corrected chi connectivity index (χ1v) is 11.7. The SMILES string of the molecule is O=C(CCC(=O)N1CCN(S(=O)(=O)c2ccc(Cl)cc2)CC1)Nc1cc([N+](=O)[O-])ccc1F. The lowest BCUT2D eigenvalue weighted by molar-refractivity contribution is -0.384. The Hall–Kier alpha value is -3.09. The van der Waals surface area contributed by atoms with E-state index in [4.69, 9.17) is 11.6 Å². The topological polar surface area (TPSA) is 130 Å². The van der Waals surface area contributed by atoms with Gasteiger partial charge >= 0.3 is 0 Å². The summed E-state index contributed by atoms with van der Waals surface area (Å²) < 4.78 is 40.5. The average Bonchev–Trinajstić information content (AvgIpc) is 2.79. The van der Waals surface area contributed by atoms with Crippen molar-refractivity contribution in [3.05, 3.63) is 63.4 Å². The lowest BCUT2D eigenvalue weighted by atomic mass is 10.2. The highest BCUT2D eigenvalue weighted by molar-refractivity contribution is 7.89. The molecule has 2 aromatic carbocycles. The number of nitro groups is 1. The highest BCUT2D eigenvalue weighted by atomic mass is 35.5. The first-order valence-electron chi connectivity index (χ1n) is 9.85. The number of hydrogen-bond acceptors (Lipinski definition) is 6. The van der Waals surface area contributed by atoms with E-state index in [1.165, 1.54) is 33.5 Å². The van der Waals surface area contributed by atoms with Crippen LogP contribution in [0.1, 0.15) is 12.8 Å². The average molecular weight is 499 g/mol. The van der Waals surface area contributed by atoms with Crippen LogP contribution in [0.2, 0.25) is 5.02 Å². The van der Waals surface area contributed by atoms with Crippen molar-refractivity contribution in [3.63, 3.8) is 0 Å². The molecule has 0 radical (unpaired) electrons. The van der Waals surface area contributed by atoms with Crippen LogP contribution in [0.25, 0.3) is 0 Å². The third-order valence-corrected chi connectivity index (χ3v) is 7.21. The second-order valence-electron chi connectivity index (χ2n) is 7.21. The van der Waals surface area contributed by atoms with Crippen LogP contribution in [0.5, 0.6) is 0 Å². The number of sulfonamides is 1. The zero-order valence-corrected chi connectivity index (χ0v) is 18.8. The van der Waals surface area contributed by atoms with E-state index in [0.29, 0.717) is 5.02 Å². The van der Waals surface area contributed by atoms with Gasteiger partial charge in [-0.3, -0.25) is 19.7 Å².